The van der Waals surface area contributed by atoms with Crippen molar-refractivity contribution in [3.63, 3.8) is 0 Å². The first-order valence-corrected chi connectivity index (χ1v) is 7.60. The Labute approximate surface area is 138 Å². The molecule has 0 radical (unpaired) electrons. The molecule has 0 saturated heterocycles. The zero-order valence-corrected chi connectivity index (χ0v) is 14.5. The number of oxime groups is 1. The Hall–Kier alpha value is -1.83. The molecule has 0 aliphatic rings. The molecule has 22 heavy (non-hydrogen) atoms. The van der Waals surface area contributed by atoms with Crippen LogP contribution in [0.3, 0.4) is 0 Å². The fraction of sp³-hybridized carbons (Fsp3) is 0.500. The molecule has 0 fully saturated rings. The number of anilines is 1. The molecular weight excluding hydrogens is 352 g/mol. The third-order valence-electron chi connectivity index (χ3n) is 2.58. The maximum atomic E-state index is 12.3. The van der Waals surface area contributed by atoms with Crippen molar-refractivity contribution >= 4 is 33.5 Å². The fourth-order valence-electron chi connectivity index (χ4n) is 1.64. The van der Waals surface area contributed by atoms with Gasteiger partial charge in [0.25, 0.3) is 0 Å². The molecule has 1 amide bonds. The van der Waals surface area contributed by atoms with Gasteiger partial charge >= 0.3 is 6.09 Å². The second kappa shape index (κ2) is 7.98. The first kappa shape index (κ1) is 18.2. The lowest BCUT2D eigenvalue weighted by Crippen LogP contribution is -2.37. The third-order valence-corrected chi connectivity index (χ3v) is 3.05. The van der Waals surface area contributed by atoms with Gasteiger partial charge in [-0.2, -0.15) is 0 Å². The number of pyridine rings is 1. The second-order valence-corrected chi connectivity index (χ2v) is 6.48. The number of rotatable bonds is 5. The lowest BCUT2D eigenvalue weighted by molar-refractivity contribution is 0.0580. The van der Waals surface area contributed by atoms with Crippen molar-refractivity contribution in [1.82, 2.24) is 4.98 Å². The number of amides is 1. The van der Waals surface area contributed by atoms with E-state index < -0.39 is 11.7 Å². The summed E-state index contributed by atoms with van der Waals surface area (Å²) in [6, 6.07) is 3.51. The van der Waals surface area contributed by atoms with E-state index in [4.69, 9.17) is 15.7 Å². The molecule has 1 aromatic heterocycles. The number of carbonyl (C=O) groups excluding carboxylic acids is 1. The Balaban J connectivity index is 2.85. The first-order valence-electron chi connectivity index (χ1n) is 6.81. The van der Waals surface area contributed by atoms with E-state index in [1.807, 2.05) is 0 Å². The van der Waals surface area contributed by atoms with Gasteiger partial charge in [0, 0.05) is 13.0 Å². The number of hydrogen-bond donors (Lipinski definition) is 2. The highest BCUT2D eigenvalue weighted by molar-refractivity contribution is 9.10. The summed E-state index contributed by atoms with van der Waals surface area (Å²) >= 11 is 3.26. The summed E-state index contributed by atoms with van der Waals surface area (Å²) in [5.74, 6) is 0.123. The smallest absolute Gasteiger partial charge is 0.414 e. The Bertz CT molecular complexity index is 526. The number of amidine groups is 1. The van der Waals surface area contributed by atoms with Crippen LogP contribution in [0.15, 0.2) is 28.1 Å². The molecule has 0 bridgehead atoms. The van der Waals surface area contributed by atoms with Crippen LogP contribution in [0.25, 0.3) is 0 Å². The summed E-state index contributed by atoms with van der Waals surface area (Å²) in [4.78, 5) is 17.9. The standard InChI is InChI=1S/C14H21BrN4O3/c1-14(2,3)22-13(20)19(8-4-5-12(16)18-21)10-6-7-11(15)17-9-10/h6-7,9,21H,4-5,8H2,1-3H3,(H2,16,18). The maximum absolute atomic E-state index is 12.3. The zero-order chi connectivity index (χ0) is 16.8. The molecule has 3 N–H and O–H groups in total. The Morgan fingerprint density at radius 3 is 2.68 bits per heavy atom. The van der Waals surface area contributed by atoms with Gasteiger partial charge in [-0.1, -0.05) is 5.16 Å². The van der Waals surface area contributed by atoms with E-state index in [2.05, 4.69) is 26.1 Å². The Morgan fingerprint density at radius 1 is 1.50 bits per heavy atom. The van der Waals surface area contributed by atoms with Crippen LogP contribution in [0.5, 0.6) is 0 Å². The second-order valence-electron chi connectivity index (χ2n) is 5.67. The fourth-order valence-corrected chi connectivity index (χ4v) is 1.87. The average molecular weight is 373 g/mol. The molecule has 0 atom stereocenters. The number of nitrogens with two attached hydrogens (primary N) is 1. The van der Waals surface area contributed by atoms with Crippen LogP contribution in [0.4, 0.5) is 10.5 Å². The minimum atomic E-state index is -0.594. The molecule has 0 aromatic carbocycles. The minimum absolute atomic E-state index is 0.123. The topological polar surface area (TPSA) is 101 Å². The molecule has 0 saturated carbocycles. The average Bonchev–Trinajstić information content (AvgIpc) is 2.42. The number of ether oxygens (including phenoxy) is 1. The maximum Gasteiger partial charge on any atom is 0.414 e. The van der Waals surface area contributed by atoms with Crippen molar-refractivity contribution in [1.29, 1.82) is 0 Å². The van der Waals surface area contributed by atoms with Gasteiger partial charge < -0.3 is 15.7 Å². The van der Waals surface area contributed by atoms with Crippen molar-refractivity contribution in [2.75, 3.05) is 11.4 Å². The summed E-state index contributed by atoms with van der Waals surface area (Å²) in [6.45, 7) is 5.78. The number of halogens is 1. The van der Waals surface area contributed by atoms with E-state index in [-0.39, 0.29) is 5.84 Å². The van der Waals surface area contributed by atoms with Crippen LogP contribution in [-0.4, -0.2) is 34.3 Å². The van der Waals surface area contributed by atoms with Crippen LogP contribution in [0, 0.1) is 0 Å². The number of carbonyl (C=O) groups is 1. The first-order chi connectivity index (χ1) is 10.2. The molecule has 0 aliphatic carbocycles. The molecule has 8 heteroatoms. The van der Waals surface area contributed by atoms with Gasteiger partial charge in [-0.3, -0.25) is 4.90 Å². The molecule has 1 aromatic rings. The monoisotopic (exact) mass is 372 g/mol. The number of nitrogens with zero attached hydrogens (tertiary/aromatic N) is 3. The minimum Gasteiger partial charge on any atom is -0.443 e. The van der Waals surface area contributed by atoms with Gasteiger partial charge in [0.05, 0.1) is 11.9 Å². The predicted molar refractivity (Wildman–Crippen MR) is 88.2 cm³/mol. The molecule has 1 rings (SSSR count). The largest absolute Gasteiger partial charge is 0.443 e. The lowest BCUT2D eigenvalue weighted by atomic mass is 10.2. The molecular formula is C14H21BrN4O3. The van der Waals surface area contributed by atoms with E-state index >= 15 is 0 Å². The van der Waals surface area contributed by atoms with Gasteiger partial charge in [-0.15, -0.1) is 0 Å². The normalized spacial score (nSPS) is 12.1. The zero-order valence-electron chi connectivity index (χ0n) is 12.9. The third kappa shape index (κ3) is 6.30. The van der Waals surface area contributed by atoms with E-state index in [0.29, 0.717) is 29.7 Å². The van der Waals surface area contributed by atoms with Crippen molar-refractivity contribution in [3.05, 3.63) is 22.9 Å². The van der Waals surface area contributed by atoms with Gasteiger partial charge in [0.15, 0.2) is 0 Å². The Kier molecular flexibility index (Phi) is 6.61. The highest BCUT2D eigenvalue weighted by Gasteiger charge is 2.23. The number of hydrogen-bond acceptors (Lipinski definition) is 5. The summed E-state index contributed by atoms with van der Waals surface area (Å²) in [7, 11) is 0. The van der Waals surface area contributed by atoms with E-state index in [1.54, 1.807) is 39.1 Å². The lowest BCUT2D eigenvalue weighted by Gasteiger charge is -2.27. The predicted octanol–water partition coefficient (Wildman–Crippen LogP) is 3.11. The summed E-state index contributed by atoms with van der Waals surface area (Å²) < 4.78 is 6.08. The summed E-state index contributed by atoms with van der Waals surface area (Å²) in [5.41, 5.74) is 5.47. The van der Waals surface area contributed by atoms with E-state index in [1.165, 1.54) is 4.90 Å². The van der Waals surface area contributed by atoms with Crippen LogP contribution in [0.2, 0.25) is 0 Å². The molecule has 0 unspecified atom stereocenters. The van der Waals surface area contributed by atoms with Crippen LogP contribution in [0.1, 0.15) is 33.6 Å². The number of aromatic nitrogens is 1. The van der Waals surface area contributed by atoms with Gasteiger partial charge in [-0.25, -0.2) is 9.78 Å². The van der Waals surface area contributed by atoms with Crippen molar-refractivity contribution in [3.8, 4) is 0 Å². The summed E-state index contributed by atoms with van der Waals surface area (Å²) in [5, 5.41) is 11.5. The van der Waals surface area contributed by atoms with Crippen molar-refractivity contribution in [2.45, 2.75) is 39.2 Å². The van der Waals surface area contributed by atoms with Gasteiger partial charge in [0.1, 0.15) is 16.0 Å². The van der Waals surface area contributed by atoms with E-state index in [0.717, 1.165) is 0 Å². The van der Waals surface area contributed by atoms with Crippen LogP contribution < -0.4 is 10.6 Å². The van der Waals surface area contributed by atoms with Crippen LogP contribution in [-0.2, 0) is 4.74 Å². The molecule has 0 aliphatic heterocycles. The summed E-state index contributed by atoms with van der Waals surface area (Å²) in [6.07, 6.45) is 2.03. The SMILES string of the molecule is CC(C)(C)OC(=O)N(CCC/C(N)=N/O)c1ccc(Br)nc1. The highest BCUT2D eigenvalue weighted by atomic mass is 79.9. The Morgan fingerprint density at radius 2 is 2.18 bits per heavy atom. The molecule has 122 valence electrons. The molecule has 0 spiro atoms. The highest BCUT2D eigenvalue weighted by Crippen LogP contribution is 2.19. The quantitative estimate of drug-likeness (QED) is 0.272. The van der Waals surface area contributed by atoms with Gasteiger partial charge in [0.2, 0.25) is 0 Å². The van der Waals surface area contributed by atoms with Crippen molar-refractivity contribution in [2.24, 2.45) is 10.9 Å². The van der Waals surface area contributed by atoms with Crippen LogP contribution >= 0.6 is 15.9 Å². The molecule has 7 nitrogen and oxygen atoms in total. The van der Waals surface area contributed by atoms with Crippen molar-refractivity contribution < 1.29 is 14.7 Å². The molecule has 1 heterocycles. The van der Waals surface area contributed by atoms with E-state index in [9.17, 15) is 4.79 Å². The van der Waals surface area contributed by atoms with Gasteiger partial charge in [-0.05, 0) is 55.3 Å².